The molecule has 2 heterocycles. The molecule has 1 aromatic carbocycles. The van der Waals surface area contributed by atoms with Crippen LogP contribution in [0.1, 0.15) is 22.7 Å². The lowest BCUT2D eigenvalue weighted by Crippen LogP contribution is -2.49. The Kier molecular flexibility index (Phi) is 5.47. The smallest absolute Gasteiger partial charge is 0.0594 e. The molecule has 2 saturated heterocycles. The molecule has 1 atom stereocenters. The molecule has 0 spiro atoms. The number of nitrogens with one attached hydrogen (secondary N) is 1. The number of hydrogen-bond acceptors (Lipinski definition) is 4. The van der Waals surface area contributed by atoms with Gasteiger partial charge in [0.05, 0.1) is 13.2 Å². The Hall–Kier alpha value is -0.940. The van der Waals surface area contributed by atoms with E-state index in [1.54, 1.807) is 0 Å². The first kappa shape index (κ1) is 15.9. The number of hydrogen-bond donors (Lipinski definition) is 1. The largest absolute Gasteiger partial charge is 0.379 e. The van der Waals surface area contributed by atoms with Crippen LogP contribution in [-0.4, -0.2) is 68.8 Å². The first-order chi connectivity index (χ1) is 10.7. The minimum Gasteiger partial charge on any atom is -0.379 e. The second-order valence-corrected chi connectivity index (χ2v) is 6.57. The maximum absolute atomic E-state index is 5.56. The third kappa shape index (κ3) is 3.87. The van der Waals surface area contributed by atoms with E-state index in [2.05, 4.69) is 47.2 Å². The highest BCUT2D eigenvalue weighted by molar-refractivity contribution is 5.33. The van der Waals surface area contributed by atoms with Crippen molar-refractivity contribution in [1.82, 2.24) is 15.1 Å². The summed E-state index contributed by atoms with van der Waals surface area (Å²) in [5.74, 6) is 0. The Balaban J connectivity index is 1.80. The summed E-state index contributed by atoms with van der Waals surface area (Å²) in [5, 5.41) is 3.45. The molecule has 0 bridgehead atoms. The maximum Gasteiger partial charge on any atom is 0.0594 e. The predicted octanol–water partition coefficient (Wildman–Crippen LogP) is 1.58. The molecule has 22 heavy (non-hydrogen) atoms. The van der Waals surface area contributed by atoms with Gasteiger partial charge in [0.25, 0.3) is 0 Å². The fourth-order valence-corrected chi connectivity index (χ4v) is 3.64. The second-order valence-electron chi connectivity index (χ2n) is 6.57. The first-order valence-corrected chi connectivity index (χ1v) is 8.56. The van der Waals surface area contributed by atoms with E-state index >= 15 is 0 Å². The molecule has 0 saturated carbocycles. The fourth-order valence-electron chi connectivity index (χ4n) is 3.64. The molecule has 4 heteroatoms. The molecule has 3 rings (SSSR count). The van der Waals surface area contributed by atoms with Gasteiger partial charge in [-0.25, -0.2) is 0 Å². The normalized spacial score (nSPS) is 22.6. The highest BCUT2D eigenvalue weighted by Gasteiger charge is 2.26. The van der Waals surface area contributed by atoms with Gasteiger partial charge in [-0.1, -0.05) is 23.8 Å². The van der Waals surface area contributed by atoms with E-state index in [9.17, 15) is 0 Å². The molecule has 1 unspecified atom stereocenters. The van der Waals surface area contributed by atoms with Crippen molar-refractivity contribution in [2.75, 3.05) is 59.0 Å². The van der Waals surface area contributed by atoms with Crippen LogP contribution < -0.4 is 5.32 Å². The molecule has 0 radical (unpaired) electrons. The summed E-state index contributed by atoms with van der Waals surface area (Å²) in [7, 11) is 0. The standard InChI is InChI=1S/C18H29N3O/c1-15-3-4-17(16(2)13-15)18(21-9-11-22-12-10-21)14-20-7-5-19-6-8-20/h3-4,13,18-19H,5-12,14H2,1-2H3. The lowest BCUT2D eigenvalue weighted by Gasteiger charge is -2.39. The van der Waals surface area contributed by atoms with E-state index in [4.69, 9.17) is 4.74 Å². The molecule has 0 amide bonds. The summed E-state index contributed by atoms with van der Waals surface area (Å²) < 4.78 is 5.56. The van der Waals surface area contributed by atoms with Crippen molar-refractivity contribution in [1.29, 1.82) is 0 Å². The Morgan fingerprint density at radius 2 is 1.82 bits per heavy atom. The summed E-state index contributed by atoms with van der Waals surface area (Å²) in [4.78, 5) is 5.22. The van der Waals surface area contributed by atoms with Crippen LogP contribution in [0.15, 0.2) is 18.2 Å². The number of benzene rings is 1. The van der Waals surface area contributed by atoms with Gasteiger partial charge in [0, 0.05) is 51.9 Å². The van der Waals surface area contributed by atoms with Gasteiger partial charge in [-0.2, -0.15) is 0 Å². The third-order valence-corrected chi connectivity index (χ3v) is 4.91. The van der Waals surface area contributed by atoms with Crippen LogP contribution in [0.3, 0.4) is 0 Å². The maximum atomic E-state index is 5.56. The summed E-state index contributed by atoms with van der Waals surface area (Å²) in [6, 6.07) is 7.41. The first-order valence-electron chi connectivity index (χ1n) is 8.56. The van der Waals surface area contributed by atoms with Gasteiger partial charge in [-0.15, -0.1) is 0 Å². The average Bonchev–Trinajstić information content (AvgIpc) is 2.55. The zero-order valence-corrected chi connectivity index (χ0v) is 14.0. The summed E-state index contributed by atoms with van der Waals surface area (Å²) in [5.41, 5.74) is 4.27. The van der Waals surface area contributed by atoms with Gasteiger partial charge in [0.2, 0.25) is 0 Å². The van der Waals surface area contributed by atoms with Crippen molar-refractivity contribution >= 4 is 0 Å². The topological polar surface area (TPSA) is 27.7 Å². The number of piperazine rings is 1. The van der Waals surface area contributed by atoms with Gasteiger partial charge in [-0.05, 0) is 25.0 Å². The SMILES string of the molecule is Cc1ccc(C(CN2CCNCC2)N2CCOCC2)c(C)c1. The van der Waals surface area contributed by atoms with Crippen molar-refractivity contribution < 1.29 is 4.74 Å². The molecule has 0 aromatic heterocycles. The number of nitrogens with zero attached hydrogens (tertiary/aromatic N) is 2. The highest BCUT2D eigenvalue weighted by atomic mass is 16.5. The van der Waals surface area contributed by atoms with Crippen molar-refractivity contribution in [2.24, 2.45) is 0 Å². The second kappa shape index (κ2) is 7.55. The Labute approximate surface area is 134 Å². The van der Waals surface area contributed by atoms with Crippen LogP contribution in [-0.2, 0) is 4.74 Å². The number of ether oxygens (including phenoxy) is 1. The van der Waals surface area contributed by atoms with Crippen molar-refractivity contribution in [3.05, 3.63) is 34.9 Å². The molecule has 0 aliphatic carbocycles. The fraction of sp³-hybridized carbons (Fsp3) is 0.667. The minimum atomic E-state index is 0.489. The highest BCUT2D eigenvalue weighted by Crippen LogP contribution is 2.26. The molecular formula is C18H29N3O. The van der Waals surface area contributed by atoms with Gasteiger partial charge in [0.15, 0.2) is 0 Å². The van der Waals surface area contributed by atoms with E-state index < -0.39 is 0 Å². The zero-order chi connectivity index (χ0) is 15.4. The average molecular weight is 303 g/mol. The van der Waals surface area contributed by atoms with Crippen LogP contribution in [0.2, 0.25) is 0 Å². The lowest BCUT2D eigenvalue weighted by atomic mass is 9.97. The van der Waals surface area contributed by atoms with E-state index in [1.165, 1.54) is 16.7 Å². The van der Waals surface area contributed by atoms with Crippen molar-refractivity contribution in [2.45, 2.75) is 19.9 Å². The van der Waals surface area contributed by atoms with Gasteiger partial charge in [-0.3, -0.25) is 9.80 Å². The number of rotatable bonds is 4. The third-order valence-electron chi connectivity index (χ3n) is 4.91. The molecule has 1 N–H and O–H groups in total. The Morgan fingerprint density at radius 1 is 1.09 bits per heavy atom. The van der Waals surface area contributed by atoms with Crippen LogP contribution >= 0.6 is 0 Å². The molecule has 2 aliphatic heterocycles. The van der Waals surface area contributed by atoms with Crippen molar-refractivity contribution in [3.63, 3.8) is 0 Å². The Bertz CT molecular complexity index is 479. The minimum absolute atomic E-state index is 0.489. The molecule has 4 nitrogen and oxygen atoms in total. The van der Waals surface area contributed by atoms with Gasteiger partial charge < -0.3 is 10.1 Å². The molecule has 2 fully saturated rings. The van der Waals surface area contributed by atoms with E-state index in [-0.39, 0.29) is 0 Å². The van der Waals surface area contributed by atoms with Crippen LogP contribution in [0.25, 0.3) is 0 Å². The molecule has 2 aliphatic rings. The quantitative estimate of drug-likeness (QED) is 0.914. The predicted molar refractivity (Wildman–Crippen MR) is 90.4 cm³/mol. The Morgan fingerprint density at radius 3 is 2.50 bits per heavy atom. The number of aryl methyl sites for hydroxylation is 2. The summed E-state index contributed by atoms with van der Waals surface area (Å²) in [6.07, 6.45) is 0. The monoisotopic (exact) mass is 303 g/mol. The van der Waals surface area contributed by atoms with E-state index in [1.807, 2.05) is 0 Å². The van der Waals surface area contributed by atoms with Crippen LogP contribution in [0, 0.1) is 13.8 Å². The molecular weight excluding hydrogens is 274 g/mol. The zero-order valence-electron chi connectivity index (χ0n) is 14.0. The lowest BCUT2D eigenvalue weighted by molar-refractivity contribution is 0.00654. The van der Waals surface area contributed by atoms with Crippen LogP contribution in [0.5, 0.6) is 0 Å². The van der Waals surface area contributed by atoms with Gasteiger partial charge in [0.1, 0.15) is 0 Å². The summed E-state index contributed by atoms with van der Waals surface area (Å²) >= 11 is 0. The number of morpholine rings is 1. The molecule has 122 valence electrons. The van der Waals surface area contributed by atoms with Gasteiger partial charge >= 0.3 is 0 Å². The molecule has 1 aromatic rings. The van der Waals surface area contributed by atoms with E-state index in [0.29, 0.717) is 6.04 Å². The summed E-state index contributed by atoms with van der Waals surface area (Å²) in [6.45, 7) is 13.9. The van der Waals surface area contributed by atoms with Crippen LogP contribution in [0.4, 0.5) is 0 Å². The van der Waals surface area contributed by atoms with E-state index in [0.717, 1.165) is 59.0 Å². The van der Waals surface area contributed by atoms with Crippen molar-refractivity contribution in [3.8, 4) is 0 Å².